The van der Waals surface area contributed by atoms with Crippen LogP contribution in [0.3, 0.4) is 0 Å². The number of ketones is 1. The third-order valence-electron chi connectivity index (χ3n) is 15.0. The second kappa shape index (κ2) is 10.5. The highest BCUT2D eigenvalue weighted by Gasteiger charge is 2.72. The van der Waals surface area contributed by atoms with E-state index >= 15 is 0 Å². The Labute approximate surface area is 265 Å². The highest BCUT2D eigenvalue weighted by Crippen LogP contribution is 2.77. The van der Waals surface area contributed by atoms with Crippen molar-refractivity contribution in [2.45, 2.75) is 133 Å². The second-order valence-electron chi connectivity index (χ2n) is 18.3. The molecule has 0 radical (unpaired) electrons. The Kier molecular flexibility index (Phi) is 8.01. The molecule has 7 heteroatoms. The van der Waals surface area contributed by atoms with Crippen LogP contribution in [0, 0.1) is 72.9 Å². The van der Waals surface area contributed by atoms with E-state index in [9.17, 15) is 24.8 Å². The molecule has 9 atom stereocenters. The molecule has 0 spiro atoms. The lowest BCUT2D eigenvalue weighted by Gasteiger charge is -2.72. The molecule has 1 heterocycles. The molecule has 4 saturated carbocycles. The van der Waals surface area contributed by atoms with Crippen molar-refractivity contribution >= 4 is 17.7 Å². The minimum absolute atomic E-state index is 0.0300. The number of carboxylic acid groups (broad SMARTS) is 1. The molecule has 7 nitrogen and oxygen atoms in total. The highest BCUT2D eigenvalue weighted by atomic mass is 16.5. The Balaban J connectivity index is 1.40. The summed E-state index contributed by atoms with van der Waals surface area (Å²) in [5, 5.41) is 19.6. The van der Waals surface area contributed by atoms with Crippen molar-refractivity contribution in [2.75, 3.05) is 13.2 Å². The summed E-state index contributed by atoms with van der Waals surface area (Å²) in [5.74, 6) is -0.430. The molecule has 1 aliphatic heterocycles. The quantitative estimate of drug-likeness (QED) is 0.281. The first-order valence-electron chi connectivity index (χ1n) is 17.1. The Bertz CT molecular complexity index is 1250. The molecule has 44 heavy (non-hydrogen) atoms. The van der Waals surface area contributed by atoms with E-state index in [1.807, 2.05) is 13.8 Å². The number of carboxylic acids is 1. The van der Waals surface area contributed by atoms with Gasteiger partial charge in [-0.25, -0.2) is 0 Å². The van der Waals surface area contributed by atoms with Crippen LogP contribution in [0.25, 0.3) is 0 Å². The Morgan fingerprint density at radius 3 is 2.23 bits per heavy atom. The molecule has 0 aromatic rings. The van der Waals surface area contributed by atoms with Crippen LogP contribution in [-0.4, -0.2) is 42.1 Å². The summed E-state index contributed by atoms with van der Waals surface area (Å²) >= 11 is 0. The van der Waals surface area contributed by atoms with Gasteiger partial charge in [-0.3, -0.25) is 14.4 Å². The first-order chi connectivity index (χ1) is 20.2. The molecule has 246 valence electrons. The standard InChI is InChI=1S/C37H57NO6/c1-31(2)14-16-37-17-15-35(8)23(28(37)29(31)44-22-37)10-11-25-34(7,18-19-38)24(12-13-36(25,35)9)33(5,6)26(39)21-43-27(40)20-32(3,4)30(41)42/h23-25,28-29H,10-18,20-22H2,1-9H3,(H,41,42)/t23-,24+,25-,28+,29-,34+,35-,36-,37-/m1/s1. The molecule has 1 saturated heterocycles. The third-order valence-corrected chi connectivity index (χ3v) is 15.0. The highest BCUT2D eigenvalue weighted by molar-refractivity contribution is 5.88. The minimum atomic E-state index is -1.26. The molecule has 0 amide bonds. The average molecular weight is 612 g/mol. The van der Waals surface area contributed by atoms with Gasteiger partial charge in [-0.1, -0.05) is 48.5 Å². The fraction of sp³-hybridized carbons (Fsp3) is 0.892. The zero-order chi connectivity index (χ0) is 32.7. The van der Waals surface area contributed by atoms with Gasteiger partial charge in [-0.2, -0.15) is 5.26 Å². The van der Waals surface area contributed by atoms with Gasteiger partial charge in [0.1, 0.15) is 0 Å². The fourth-order valence-corrected chi connectivity index (χ4v) is 12.0. The third kappa shape index (κ3) is 4.70. The van der Waals surface area contributed by atoms with Gasteiger partial charge in [0.15, 0.2) is 12.4 Å². The molecule has 4 aliphatic carbocycles. The number of Topliss-reactive ketones (excluding diaryl/α,β-unsaturated/α-hetero) is 1. The van der Waals surface area contributed by atoms with E-state index in [4.69, 9.17) is 9.47 Å². The first-order valence-corrected chi connectivity index (χ1v) is 17.1. The SMILES string of the molecule is CC(C)(CC(=O)OCC(=O)C(C)(C)[C@@H]1CC[C@]2(C)[C@H](CC[C@@H]3[C@H]4[C@H]5OC[C@@]4(CCC5(C)C)CC[C@]32C)[C@@]1(C)CC#N)C(=O)O. The number of nitrogens with zero attached hydrogens (tertiary/aromatic N) is 1. The molecule has 0 aromatic heterocycles. The maximum absolute atomic E-state index is 13.8. The normalized spacial score (nSPS) is 42.7. The maximum Gasteiger partial charge on any atom is 0.309 e. The van der Waals surface area contributed by atoms with Crippen molar-refractivity contribution in [3.05, 3.63) is 0 Å². The van der Waals surface area contributed by atoms with Crippen molar-refractivity contribution in [3.8, 4) is 6.07 Å². The predicted molar refractivity (Wildman–Crippen MR) is 167 cm³/mol. The van der Waals surface area contributed by atoms with Crippen LogP contribution in [0.15, 0.2) is 0 Å². The number of hydrogen-bond donors (Lipinski definition) is 1. The second-order valence-corrected chi connectivity index (χ2v) is 18.3. The van der Waals surface area contributed by atoms with Crippen molar-refractivity contribution in [3.63, 3.8) is 0 Å². The predicted octanol–water partition coefficient (Wildman–Crippen LogP) is 7.61. The molecule has 5 aliphatic rings. The number of rotatable bonds is 8. The summed E-state index contributed by atoms with van der Waals surface area (Å²) < 4.78 is 12.1. The molecule has 5 fully saturated rings. The smallest absolute Gasteiger partial charge is 0.309 e. The van der Waals surface area contributed by atoms with Crippen LogP contribution >= 0.6 is 0 Å². The van der Waals surface area contributed by atoms with Gasteiger partial charge >= 0.3 is 11.9 Å². The first kappa shape index (κ1) is 33.4. The van der Waals surface area contributed by atoms with Gasteiger partial charge in [0, 0.05) is 11.8 Å². The van der Waals surface area contributed by atoms with Crippen LogP contribution in [0.5, 0.6) is 0 Å². The lowest BCUT2D eigenvalue weighted by Crippen LogP contribution is -2.66. The zero-order valence-corrected chi connectivity index (χ0v) is 28.8. The summed E-state index contributed by atoms with van der Waals surface area (Å²) in [6, 6.07) is 2.55. The van der Waals surface area contributed by atoms with Crippen molar-refractivity contribution < 1.29 is 29.0 Å². The molecular weight excluding hydrogens is 554 g/mol. The fourth-order valence-electron chi connectivity index (χ4n) is 12.0. The zero-order valence-electron chi connectivity index (χ0n) is 28.8. The van der Waals surface area contributed by atoms with E-state index in [1.165, 1.54) is 39.5 Å². The number of fused-ring (bicyclic) bond motifs is 3. The van der Waals surface area contributed by atoms with Gasteiger partial charge in [0.2, 0.25) is 0 Å². The Morgan fingerprint density at radius 2 is 1.59 bits per heavy atom. The number of carbonyl (C=O) groups excluding carboxylic acids is 2. The van der Waals surface area contributed by atoms with Gasteiger partial charge in [-0.05, 0) is 116 Å². The molecule has 1 N–H and O–H groups in total. The van der Waals surface area contributed by atoms with Crippen LogP contribution in [-0.2, 0) is 23.9 Å². The molecule has 0 aromatic carbocycles. The van der Waals surface area contributed by atoms with E-state index in [0.29, 0.717) is 35.7 Å². The van der Waals surface area contributed by atoms with Crippen molar-refractivity contribution in [1.82, 2.24) is 0 Å². The number of aliphatic carboxylic acids is 1. The van der Waals surface area contributed by atoms with E-state index < -0.39 is 22.8 Å². The van der Waals surface area contributed by atoms with Crippen molar-refractivity contribution in [1.29, 1.82) is 5.26 Å². The van der Waals surface area contributed by atoms with Gasteiger partial charge in [-0.15, -0.1) is 0 Å². The lowest BCUT2D eigenvalue weighted by molar-refractivity contribution is -0.233. The van der Waals surface area contributed by atoms with Gasteiger partial charge in [0.25, 0.3) is 0 Å². The van der Waals surface area contributed by atoms with E-state index in [2.05, 4.69) is 40.7 Å². The summed E-state index contributed by atoms with van der Waals surface area (Å²) in [4.78, 5) is 37.8. The number of nitriles is 1. The molecular formula is C37H57NO6. The number of ether oxygens (including phenoxy) is 2. The number of hydrogen-bond acceptors (Lipinski definition) is 6. The van der Waals surface area contributed by atoms with Gasteiger partial charge in [0.05, 0.1) is 30.6 Å². The average Bonchev–Trinajstić information content (AvgIpc) is 3.25. The van der Waals surface area contributed by atoms with Crippen LogP contribution in [0.2, 0.25) is 0 Å². The molecule has 2 bridgehead atoms. The van der Waals surface area contributed by atoms with Crippen LogP contribution in [0.4, 0.5) is 0 Å². The van der Waals surface area contributed by atoms with E-state index in [-0.39, 0.29) is 46.4 Å². The topological polar surface area (TPSA) is 114 Å². The maximum atomic E-state index is 13.8. The largest absolute Gasteiger partial charge is 0.481 e. The summed E-state index contributed by atoms with van der Waals surface area (Å²) in [6.45, 7) is 19.6. The number of esters is 1. The monoisotopic (exact) mass is 611 g/mol. The summed E-state index contributed by atoms with van der Waals surface area (Å²) in [7, 11) is 0. The van der Waals surface area contributed by atoms with E-state index in [0.717, 1.165) is 32.3 Å². The Morgan fingerprint density at radius 1 is 0.932 bits per heavy atom. The number of carbonyl (C=O) groups is 3. The lowest BCUT2D eigenvalue weighted by atomic mass is 9.32. The summed E-state index contributed by atoms with van der Waals surface area (Å²) in [5.41, 5.74) is -1.70. The van der Waals surface area contributed by atoms with Crippen molar-refractivity contribution in [2.24, 2.45) is 61.6 Å². The van der Waals surface area contributed by atoms with Crippen LogP contribution < -0.4 is 0 Å². The van der Waals surface area contributed by atoms with Crippen LogP contribution in [0.1, 0.15) is 127 Å². The Hall–Kier alpha value is -1.94. The molecule has 0 unspecified atom stereocenters. The summed E-state index contributed by atoms with van der Waals surface area (Å²) in [6.07, 6.45) is 9.47. The van der Waals surface area contributed by atoms with Gasteiger partial charge < -0.3 is 14.6 Å². The minimum Gasteiger partial charge on any atom is -0.481 e. The molecule has 5 rings (SSSR count). The van der Waals surface area contributed by atoms with E-state index in [1.54, 1.807) is 0 Å².